The van der Waals surface area contributed by atoms with Gasteiger partial charge in [0.2, 0.25) is 0 Å². The maximum Gasteiger partial charge on any atom is 0.416 e. The average Bonchev–Trinajstić information content (AvgIpc) is 2.33. The molecule has 0 aliphatic heterocycles. The van der Waals surface area contributed by atoms with Crippen LogP contribution < -0.4 is 0 Å². The van der Waals surface area contributed by atoms with E-state index in [1.54, 1.807) is 0 Å². The highest BCUT2D eigenvalue weighted by Crippen LogP contribution is 2.37. The third-order valence-corrected chi connectivity index (χ3v) is 2.54. The van der Waals surface area contributed by atoms with Gasteiger partial charge in [-0.3, -0.25) is 0 Å². The van der Waals surface area contributed by atoms with Gasteiger partial charge >= 0.3 is 18.3 Å². The highest BCUT2D eigenvalue weighted by Gasteiger charge is 2.37. The van der Waals surface area contributed by atoms with E-state index in [0.29, 0.717) is 12.1 Å². The van der Waals surface area contributed by atoms with Gasteiger partial charge in [-0.2, -0.15) is 26.3 Å². The van der Waals surface area contributed by atoms with Crippen LogP contribution in [-0.4, -0.2) is 17.7 Å². The van der Waals surface area contributed by atoms with Gasteiger partial charge in [-0.05, 0) is 30.7 Å². The fraction of sp³-hybridized carbons (Fsp3) is 0.417. The number of rotatable bonds is 4. The smallest absolute Gasteiger partial charge is 0.416 e. The molecule has 0 aliphatic rings. The summed E-state index contributed by atoms with van der Waals surface area (Å²) in [6.45, 7) is 0.331. The number of aliphatic carboxylic acids is 1. The van der Waals surface area contributed by atoms with Crippen LogP contribution in [0.5, 0.6) is 0 Å². The van der Waals surface area contributed by atoms with Gasteiger partial charge in [0.1, 0.15) is 6.61 Å². The maximum atomic E-state index is 12.6. The van der Waals surface area contributed by atoms with Crippen LogP contribution in [-0.2, 0) is 21.9 Å². The predicted octanol–water partition coefficient (Wildman–Crippen LogP) is 3.89. The van der Waals surface area contributed by atoms with Crippen LogP contribution >= 0.6 is 0 Å². The van der Waals surface area contributed by atoms with Gasteiger partial charge in [-0.15, -0.1) is 0 Å². The van der Waals surface area contributed by atoms with E-state index in [2.05, 4.69) is 0 Å². The molecule has 1 unspecified atom stereocenters. The minimum absolute atomic E-state index is 0.00653. The number of carbonyl (C=O) groups is 1. The lowest BCUT2D eigenvalue weighted by molar-refractivity contribution is -0.146. The van der Waals surface area contributed by atoms with Crippen molar-refractivity contribution in [3.05, 3.63) is 34.9 Å². The van der Waals surface area contributed by atoms with Gasteiger partial charge in [0, 0.05) is 0 Å². The molecule has 118 valence electrons. The van der Waals surface area contributed by atoms with Crippen LogP contribution in [0.2, 0.25) is 0 Å². The van der Waals surface area contributed by atoms with Crippen molar-refractivity contribution in [1.29, 1.82) is 0 Å². The van der Waals surface area contributed by atoms with Gasteiger partial charge in [-0.25, -0.2) is 4.79 Å². The second-order valence-electron chi connectivity index (χ2n) is 4.19. The third-order valence-electron chi connectivity index (χ3n) is 2.54. The van der Waals surface area contributed by atoms with Gasteiger partial charge in [0.05, 0.1) is 17.2 Å². The molecule has 0 amide bonds. The summed E-state index contributed by atoms with van der Waals surface area (Å²) in [6, 6.07) is 0.997. The number of carboxylic acid groups (broad SMARTS) is 1. The van der Waals surface area contributed by atoms with Crippen LogP contribution in [0.25, 0.3) is 0 Å². The molecule has 1 aromatic rings. The van der Waals surface area contributed by atoms with Crippen molar-refractivity contribution in [2.45, 2.75) is 25.4 Å². The summed E-state index contributed by atoms with van der Waals surface area (Å²) in [5, 5.41) is 8.39. The second-order valence-corrected chi connectivity index (χ2v) is 4.19. The summed E-state index contributed by atoms with van der Waals surface area (Å²) in [5.41, 5.74) is -3.35. The Morgan fingerprint density at radius 1 is 1.10 bits per heavy atom. The van der Waals surface area contributed by atoms with Crippen LogP contribution in [0.1, 0.15) is 29.7 Å². The zero-order valence-corrected chi connectivity index (χ0v) is 10.5. The van der Waals surface area contributed by atoms with Gasteiger partial charge < -0.3 is 9.84 Å². The second kappa shape index (κ2) is 5.92. The molecule has 1 aromatic carbocycles. The molecule has 9 heteroatoms. The third kappa shape index (κ3) is 4.92. The van der Waals surface area contributed by atoms with Crippen LogP contribution in [0.15, 0.2) is 18.2 Å². The summed E-state index contributed by atoms with van der Waals surface area (Å²) in [6.07, 6.45) is -11.1. The van der Waals surface area contributed by atoms with E-state index < -0.39 is 47.7 Å². The van der Waals surface area contributed by atoms with Gasteiger partial charge in [-0.1, -0.05) is 0 Å². The van der Waals surface area contributed by atoms with Crippen molar-refractivity contribution < 1.29 is 41.0 Å². The fourth-order valence-corrected chi connectivity index (χ4v) is 1.51. The van der Waals surface area contributed by atoms with Crippen molar-refractivity contribution in [2.24, 2.45) is 0 Å². The zero-order valence-electron chi connectivity index (χ0n) is 10.5. The number of hydrogen-bond donors (Lipinski definition) is 1. The summed E-state index contributed by atoms with van der Waals surface area (Å²) < 4.78 is 80.4. The summed E-state index contributed by atoms with van der Waals surface area (Å²) in [5.74, 6) is -1.38. The monoisotopic (exact) mass is 316 g/mol. The number of hydrogen-bond acceptors (Lipinski definition) is 2. The summed E-state index contributed by atoms with van der Waals surface area (Å²) in [7, 11) is 0. The standard InChI is InChI=1S/C12H10F6O3/c1-6(21-5-10(19)20)7-2-8(11(13,14)15)4-9(3-7)12(16,17)18/h2-4,6H,5H2,1H3,(H,19,20). The molecule has 0 heterocycles. The Hall–Kier alpha value is -1.77. The molecule has 0 saturated carbocycles. The largest absolute Gasteiger partial charge is 0.480 e. The maximum absolute atomic E-state index is 12.6. The highest BCUT2D eigenvalue weighted by molar-refractivity contribution is 5.68. The topological polar surface area (TPSA) is 46.5 Å². The molecule has 1 atom stereocenters. The number of ether oxygens (including phenoxy) is 1. The predicted molar refractivity (Wildman–Crippen MR) is 58.4 cm³/mol. The molecule has 21 heavy (non-hydrogen) atoms. The fourth-order valence-electron chi connectivity index (χ4n) is 1.51. The van der Waals surface area contributed by atoms with E-state index in [0.717, 1.165) is 0 Å². The van der Waals surface area contributed by atoms with E-state index in [9.17, 15) is 31.1 Å². The minimum atomic E-state index is -4.96. The van der Waals surface area contributed by atoms with E-state index in [-0.39, 0.29) is 6.07 Å². The van der Waals surface area contributed by atoms with Crippen LogP contribution in [0, 0.1) is 0 Å². The molecular formula is C12H10F6O3. The highest BCUT2D eigenvalue weighted by atomic mass is 19.4. The summed E-state index contributed by atoms with van der Waals surface area (Å²) >= 11 is 0. The van der Waals surface area contributed by atoms with Crippen molar-refractivity contribution in [2.75, 3.05) is 6.61 Å². The lowest BCUT2D eigenvalue weighted by Crippen LogP contribution is -2.14. The minimum Gasteiger partial charge on any atom is -0.480 e. The summed E-state index contributed by atoms with van der Waals surface area (Å²) in [4.78, 5) is 10.3. The van der Waals surface area contributed by atoms with E-state index in [1.165, 1.54) is 6.92 Å². The quantitative estimate of drug-likeness (QED) is 0.857. The first kappa shape index (κ1) is 17.3. The normalized spacial score (nSPS) is 14.0. The number of carboxylic acids is 1. The first-order valence-corrected chi connectivity index (χ1v) is 5.54. The Balaban J connectivity index is 3.22. The first-order valence-electron chi connectivity index (χ1n) is 5.54. The zero-order chi connectivity index (χ0) is 16.4. The molecule has 0 radical (unpaired) electrons. The average molecular weight is 316 g/mol. The van der Waals surface area contributed by atoms with Crippen molar-refractivity contribution in [1.82, 2.24) is 0 Å². The Labute approximate surface area is 115 Å². The van der Waals surface area contributed by atoms with Crippen molar-refractivity contribution in [3.63, 3.8) is 0 Å². The SMILES string of the molecule is CC(OCC(=O)O)c1cc(C(F)(F)F)cc(C(F)(F)F)c1. The molecule has 0 fully saturated rings. The molecule has 0 spiro atoms. The lowest BCUT2D eigenvalue weighted by atomic mass is 10.0. The molecule has 0 aromatic heterocycles. The molecule has 0 saturated heterocycles. The van der Waals surface area contributed by atoms with E-state index in [4.69, 9.17) is 9.84 Å². The Morgan fingerprint density at radius 3 is 1.86 bits per heavy atom. The Morgan fingerprint density at radius 2 is 1.52 bits per heavy atom. The first-order chi connectivity index (χ1) is 9.41. The molecular weight excluding hydrogens is 306 g/mol. The molecule has 1 N–H and O–H groups in total. The molecule has 0 aliphatic carbocycles. The molecule has 3 nitrogen and oxygen atoms in total. The van der Waals surface area contributed by atoms with E-state index >= 15 is 0 Å². The lowest BCUT2D eigenvalue weighted by Gasteiger charge is -2.17. The number of benzene rings is 1. The Kier molecular flexibility index (Phi) is 4.87. The number of halogens is 6. The Bertz CT molecular complexity index is 488. The molecule has 0 bridgehead atoms. The van der Waals surface area contributed by atoms with E-state index in [1.807, 2.05) is 0 Å². The van der Waals surface area contributed by atoms with Crippen molar-refractivity contribution >= 4 is 5.97 Å². The van der Waals surface area contributed by atoms with Gasteiger partial charge in [0.15, 0.2) is 0 Å². The molecule has 1 rings (SSSR count). The van der Waals surface area contributed by atoms with Crippen LogP contribution in [0.3, 0.4) is 0 Å². The van der Waals surface area contributed by atoms with Crippen molar-refractivity contribution in [3.8, 4) is 0 Å². The van der Waals surface area contributed by atoms with Gasteiger partial charge in [0.25, 0.3) is 0 Å². The van der Waals surface area contributed by atoms with Crippen LogP contribution in [0.4, 0.5) is 26.3 Å². The number of alkyl halides is 6.